The Morgan fingerprint density at radius 3 is 2.38 bits per heavy atom. The first-order chi connectivity index (χ1) is 9.61. The third kappa shape index (κ3) is 3.72. The van der Waals surface area contributed by atoms with Crippen molar-refractivity contribution < 1.29 is 32.6 Å². The molecular formula is C13H14F3NO4. The molecular weight excluding hydrogens is 291 g/mol. The lowest BCUT2D eigenvalue weighted by Crippen LogP contribution is -2.52. The summed E-state index contributed by atoms with van der Waals surface area (Å²) in [6.07, 6.45) is -5.14. The minimum absolute atomic E-state index is 0.0708. The topological polar surface area (TPSA) is 75.6 Å². The van der Waals surface area contributed by atoms with Gasteiger partial charge in [-0.3, -0.25) is 4.79 Å². The summed E-state index contributed by atoms with van der Waals surface area (Å²) in [4.78, 5) is 23.2. The molecule has 1 rings (SSSR count). The quantitative estimate of drug-likeness (QED) is 0.835. The summed E-state index contributed by atoms with van der Waals surface area (Å²) in [5.41, 5.74) is -3.86. The predicted octanol–water partition coefficient (Wildman–Crippen LogP) is 2.12. The van der Waals surface area contributed by atoms with Gasteiger partial charge in [-0.05, 0) is 26.0 Å². The fraction of sp³-hybridized carbons (Fsp3) is 0.385. The minimum atomic E-state index is -5.14. The molecule has 0 radical (unpaired) electrons. The van der Waals surface area contributed by atoms with E-state index in [1.165, 1.54) is 24.3 Å². The molecule has 21 heavy (non-hydrogen) atoms. The lowest BCUT2D eigenvalue weighted by atomic mass is 10.0. The molecule has 116 valence electrons. The highest BCUT2D eigenvalue weighted by Gasteiger charge is 2.55. The summed E-state index contributed by atoms with van der Waals surface area (Å²) in [6, 6.07) is 5.40. The van der Waals surface area contributed by atoms with E-state index in [0.29, 0.717) is 6.92 Å². The molecule has 1 aromatic carbocycles. The molecule has 0 heterocycles. The van der Waals surface area contributed by atoms with E-state index in [-0.39, 0.29) is 17.9 Å². The number of hydrogen-bond donors (Lipinski definition) is 2. The van der Waals surface area contributed by atoms with Gasteiger partial charge in [-0.1, -0.05) is 12.1 Å². The SMILES string of the molecule is CCOC(=O)c1ccccc1NC(=O)C(C)(O)C(F)(F)F. The second-order valence-electron chi connectivity index (χ2n) is 4.29. The zero-order valence-electron chi connectivity index (χ0n) is 11.3. The lowest BCUT2D eigenvalue weighted by Gasteiger charge is -2.25. The average molecular weight is 305 g/mol. The van der Waals surface area contributed by atoms with Crippen LogP contribution in [0.2, 0.25) is 0 Å². The fourth-order valence-corrected chi connectivity index (χ4v) is 1.35. The summed E-state index contributed by atoms with van der Waals surface area (Å²) >= 11 is 0. The molecule has 1 amide bonds. The summed E-state index contributed by atoms with van der Waals surface area (Å²) in [6.45, 7) is 1.96. The highest BCUT2D eigenvalue weighted by molar-refractivity contribution is 6.03. The minimum Gasteiger partial charge on any atom is -0.462 e. The van der Waals surface area contributed by atoms with E-state index in [0.717, 1.165) is 0 Å². The van der Waals surface area contributed by atoms with Crippen molar-refractivity contribution in [1.82, 2.24) is 0 Å². The molecule has 1 atom stereocenters. The number of amides is 1. The molecule has 0 saturated heterocycles. The first kappa shape index (κ1) is 17.0. The Hall–Kier alpha value is -2.09. The Labute approximate surface area is 118 Å². The maximum absolute atomic E-state index is 12.6. The number of esters is 1. The molecule has 0 aliphatic heterocycles. The number of halogens is 3. The largest absolute Gasteiger partial charge is 0.462 e. The molecule has 0 aliphatic rings. The van der Waals surface area contributed by atoms with Gasteiger partial charge in [0.05, 0.1) is 17.9 Å². The smallest absolute Gasteiger partial charge is 0.426 e. The van der Waals surface area contributed by atoms with Gasteiger partial charge in [0.2, 0.25) is 5.60 Å². The van der Waals surface area contributed by atoms with Gasteiger partial charge in [0, 0.05) is 0 Å². The number of alkyl halides is 3. The van der Waals surface area contributed by atoms with Crippen molar-refractivity contribution in [2.45, 2.75) is 25.6 Å². The number of ether oxygens (including phenoxy) is 1. The normalized spacial score (nSPS) is 14.2. The Kier molecular flexibility index (Phi) is 4.95. The average Bonchev–Trinajstić information content (AvgIpc) is 2.38. The Balaban J connectivity index is 3.04. The molecule has 1 unspecified atom stereocenters. The zero-order valence-corrected chi connectivity index (χ0v) is 11.3. The number of nitrogens with one attached hydrogen (secondary N) is 1. The second-order valence-corrected chi connectivity index (χ2v) is 4.29. The third-order valence-corrected chi connectivity index (χ3v) is 2.66. The summed E-state index contributed by atoms with van der Waals surface area (Å²) in [7, 11) is 0. The van der Waals surface area contributed by atoms with Crippen LogP contribution in [0.5, 0.6) is 0 Å². The van der Waals surface area contributed by atoms with E-state index in [2.05, 4.69) is 0 Å². The van der Waals surface area contributed by atoms with Crippen LogP contribution < -0.4 is 5.32 Å². The monoisotopic (exact) mass is 305 g/mol. The first-order valence-electron chi connectivity index (χ1n) is 5.98. The van der Waals surface area contributed by atoms with Gasteiger partial charge in [0.15, 0.2) is 0 Å². The Morgan fingerprint density at radius 2 is 1.86 bits per heavy atom. The number of hydrogen-bond acceptors (Lipinski definition) is 4. The summed E-state index contributed by atoms with van der Waals surface area (Å²) in [5.74, 6) is -2.48. The molecule has 8 heteroatoms. The van der Waals surface area contributed by atoms with Crippen molar-refractivity contribution in [3.63, 3.8) is 0 Å². The van der Waals surface area contributed by atoms with Crippen LogP contribution in [-0.4, -0.2) is 35.4 Å². The van der Waals surface area contributed by atoms with Gasteiger partial charge >= 0.3 is 12.1 Å². The third-order valence-electron chi connectivity index (χ3n) is 2.66. The molecule has 1 aromatic rings. The molecule has 0 aromatic heterocycles. The highest BCUT2D eigenvalue weighted by Crippen LogP contribution is 2.31. The van der Waals surface area contributed by atoms with E-state index < -0.39 is 23.7 Å². The number of carbonyl (C=O) groups is 2. The Morgan fingerprint density at radius 1 is 1.29 bits per heavy atom. The van der Waals surface area contributed by atoms with Crippen molar-refractivity contribution in [2.75, 3.05) is 11.9 Å². The molecule has 0 saturated carbocycles. The van der Waals surface area contributed by atoms with E-state index >= 15 is 0 Å². The molecule has 5 nitrogen and oxygen atoms in total. The molecule has 0 aliphatic carbocycles. The van der Waals surface area contributed by atoms with Gasteiger partial charge in [-0.15, -0.1) is 0 Å². The van der Waals surface area contributed by atoms with Crippen LogP contribution >= 0.6 is 0 Å². The standard InChI is InChI=1S/C13H14F3NO4/c1-3-21-10(18)8-6-4-5-7-9(8)17-11(19)12(2,20)13(14,15)16/h4-7,20H,3H2,1-2H3,(H,17,19). The van der Waals surface area contributed by atoms with E-state index in [1.807, 2.05) is 5.32 Å². The van der Waals surface area contributed by atoms with Crippen LogP contribution in [0.3, 0.4) is 0 Å². The van der Waals surface area contributed by atoms with E-state index in [1.54, 1.807) is 6.92 Å². The van der Waals surface area contributed by atoms with Crippen LogP contribution in [-0.2, 0) is 9.53 Å². The number of aliphatic hydroxyl groups is 1. The van der Waals surface area contributed by atoms with Crippen LogP contribution in [0.4, 0.5) is 18.9 Å². The first-order valence-corrected chi connectivity index (χ1v) is 5.98. The summed E-state index contributed by atoms with van der Waals surface area (Å²) < 4.78 is 42.4. The number of para-hydroxylation sites is 1. The second kappa shape index (κ2) is 6.13. The van der Waals surface area contributed by atoms with Crippen molar-refractivity contribution >= 4 is 17.6 Å². The molecule has 0 bridgehead atoms. The van der Waals surface area contributed by atoms with Gasteiger partial charge in [-0.2, -0.15) is 13.2 Å². The lowest BCUT2D eigenvalue weighted by molar-refractivity contribution is -0.242. The van der Waals surface area contributed by atoms with Crippen molar-refractivity contribution in [1.29, 1.82) is 0 Å². The van der Waals surface area contributed by atoms with Crippen molar-refractivity contribution in [2.24, 2.45) is 0 Å². The van der Waals surface area contributed by atoms with Crippen LogP contribution in [0.1, 0.15) is 24.2 Å². The number of anilines is 1. The van der Waals surface area contributed by atoms with Crippen LogP contribution in [0.15, 0.2) is 24.3 Å². The van der Waals surface area contributed by atoms with Gasteiger partial charge in [-0.25, -0.2) is 4.79 Å². The van der Waals surface area contributed by atoms with E-state index in [9.17, 15) is 27.9 Å². The van der Waals surface area contributed by atoms with Crippen molar-refractivity contribution in [3.05, 3.63) is 29.8 Å². The van der Waals surface area contributed by atoms with Crippen LogP contribution in [0, 0.1) is 0 Å². The number of benzene rings is 1. The molecule has 0 fully saturated rings. The number of carbonyl (C=O) groups excluding carboxylic acids is 2. The Bertz CT molecular complexity index is 540. The van der Waals surface area contributed by atoms with Gasteiger partial charge in [0.25, 0.3) is 5.91 Å². The van der Waals surface area contributed by atoms with E-state index in [4.69, 9.17) is 4.74 Å². The zero-order chi connectivity index (χ0) is 16.3. The van der Waals surface area contributed by atoms with Gasteiger partial charge in [0.1, 0.15) is 0 Å². The van der Waals surface area contributed by atoms with Crippen molar-refractivity contribution in [3.8, 4) is 0 Å². The molecule has 2 N–H and O–H groups in total. The van der Waals surface area contributed by atoms with Gasteiger partial charge < -0.3 is 15.2 Å². The van der Waals surface area contributed by atoms with Crippen LogP contribution in [0.25, 0.3) is 0 Å². The number of rotatable bonds is 4. The fourth-order valence-electron chi connectivity index (χ4n) is 1.35. The highest BCUT2D eigenvalue weighted by atomic mass is 19.4. The maximum atomic E-state index is 12.6. The maximum Gasteiger partial charge on any atom is 0.426 e. The molecule has 0 spiro atoms. The predicted molar refractivity (Wildman–Crippen MR) is 67.7 cm³/mol. The summed E-state index contributed by atoms with van der Waals surface area (Å²) in [5, 5.41) is 11.1.